The lowest BCUT2D eigenvalue weighted by atomic mass is 9.85. The predicted octanol–water partition coefficient (Wildman–Crippen LogP) is 1.90. The topological polar surface area (TPSA) is 67.9 Å². The number of ether oxygens (including phenoxy) is 2. The summed E-state index contributed by atoms with van der Waals surface area (Å²) in [5.41, 5.74) is -0.568. The van der Waals surface area contributed by atoms with Gasteiger partial charge < -0.3 is 14.8 Å². The molecule has 1 aliphatic rings. The molecular formula is C15H27NO4. The van der Waals surface area contributed by atoms with Crippen molar-refractivity contribution in [1.82, 2.24) is 5.32 Å². The van der Waals surface area contributed by atoms with E-state index in [1.807, 2.05) is 34.6 Å². The van der Waals surface area contributed by atoms with Gasteiger partial charge in [0, 0.05) is 12.0 Å². The molecule has 0 spiro atoms. The van der Waals surface area contributed by atoms with E-state index >= 15 is 0 Å². The highest BCUT2D eigenvalue weighted by Gasteiger charge is 2.33. The maximum Gasteiger partial charge on any atom is 0.311 e. The maximum atomic E-state index is 12.0. The van der Waals surface area contributed by atoms with Crippen molar-refractivity contribution < 1.29 is 19.1 Å². The summed E-state index contributed by atoms with van der Waals surface area (Å²) in [7, 11) is 0. The number of rotatable bonds is 8. The van der Waals surface area contributed by atoms with Gasteiger partial charge in [0.25, 0.3) is 0 Å². The molecule has 0 saturated carbocycles. The first-order valence-corrected chi connectivity index (χ1v) is 7.31. The summed E-state index contributed by atoms with van der Waals surface area (Å²) in [5, 5.41) is 2.88. The van der Waals surface area contributed by atoms with E-state index in [4.69, 9.17) is 9.47 Å². The summed E-state index contributed by atoms with van der Waals surface area (Å²) in [5.74, 6) is -0.281. The van der Waals surface area contributed by atoms with E-state index in [0.717, 1.165) is 0 Å². The first-order valence-electron chi connectivity index (χ1n) is 7.31. The number of amides is 1. The van der Waals surface area contributed by atoms with Gasteiger partial charge >= 0.3 is 5.97 Å². The highest BCUT2D eigenvalue weighted by molar-refractivity contribution is 5.79. The lowest BCUT2D eigenvalue weighted by molar-refractivity contribution is -0.155. The van der Waals surface area contributed by atoms with Crippen LogP contribution in [0.1, 0.15) is 47.5 Å². The van der Waals surface area contributed by atoms with Crippen LogP contribution < -0.4 is 5.32 Å². The van der Waals surface area contributed by atoms with E-state index in [2.05, 4.69) is 5.32 Å². The van der Waals surface area contributed by atoms with E-state index in [0.29, 0.717) is 26.1 Å². The maximum absolute atomic E-state index is 12.0. The van der Waals surface area contributed by atoms with Crippen LogP contribution in [0.2, 0.25) is 0 Å². The molecule has 0 aromatic carbocycles. The van der Waals surface area contributed by atoms with Crippen LogP contribution >= 0.6 is 0 Å². The largest absolute Gasteiger partial charge is 0.462 e. The van der Waals surface area contributed by atoms with Gasteiger partial charge in [-0.05, 0) is 40.5 Å². The van der Waals surface area contributed by atoms with Crippen LogP contribution in [-0.4, -0.2) is 37.2 Å². The zero-order valence-corrected chi connectivity index (χ0v) is 13.2. The quantitative estimate of drug-likeness (QED) is 0.546. The molecule has 0 radical (unpaired) electrons. The van der Waals surface area contributed by atoms with Gasteiger partial charge in [0.1, 0.15) is 12.7 Å². The summed E-state index contributed by atoms with van der Waals surface area (Å²) in [6.45, 7) is 10.5. The number of epoxide rings is 1. The fourth-order valence-electron chi connectivity index (χ4n) is 1.77. The Morgan fingerprint density at radius 1 is 1.35 bits per heavy atom. The lowest BCUT2D eigenvalue weighted by Gasteiger charge is -2.24. The highest BCUT2D eigenvalue weighted by Crippen LogP contribution is 2.27. The van der Waals surface area contributed by atoms with Crippen molar-refractivity contribution >= 4 is 11.9 Å². The van der Waals surface area contributed by atoms with Crippen molar-refractivity contribution in [2.75, 3.05) is 13.2 Å². The van der Waals surface area contributed by atoms with Crippen LogP contribution in [-0.2, 0) is 19.1 Å². The molecule has 0 aromatic rings. The molecule has 1 aliphatic heterocycles. The third-order valence-corrected chi connectivity index (χ3v) is 3.44. The molecule has 2 atom stereocenters. The minimum absolute atomic E-state index is 0.0375. The summed E-state index contributed by atoms with van der Waals surface area (Å²) in [4.78, 5) is 23.8. The standard InChI is InChI=1S/C15H27NO4/c1-10(2)16-13(17)11(3)6-7-15(4,5)14(18)20-9-12-8-19-12/h10-12H,6-9H2,1-5H3,(H,16,17). The minimum atomic E-state index is -0.568. The molecule has 5 heteroatoms. The number of carbonyl (C=O) groups excluding carboxylic acids is 2. The summed E-state index contributed by atoms with van der Waals surface area (Å²) >= 11 is 0. The number of nitrogens with one attached hydrogen (secondary N) is 1. The van der Waals surface area contributed by atoms with Crippen molar-refractivity contribution in [2.45, 2.75) is 59.6 Å². The number of hydrogen-bond donors (Lipinski definition) is 1. The molecule has 5 nitrogen and oxygen atoms in total. The molecule has 1 fully saturated rings. The van der Waals surface area contributed by atoms with Gasteiger partial charge in [-0.2, -0.15) is 0 Å². The molecular weight excluding hydrogens is 258 g/mol. The van der Waals surface area contributed by atoms with Gasteiger partial charge in [-0.3, -0.25) is 9.59 Å². The van der Waals surface area contributed by atoms with Gasteiger partial charge in [0.05, 0.1) is 12.0 Å². The molecule has 1 saturated heterocycles. The molecule has 116 valence electrons. The smallest absolute Gasteiger partial charge is 0.311 e. The van der Waals surface area contributed by atoms with Gasteiger partial charge in [-0.15, -0.1) is 0 Å². The van der Waals surface area contributed by atoms with Crippen molar-refractivity contribution in [3.8, 4) is 0 Å². The Hall–Kier alpha value is -1.10. The van der Waals surface area contributed by atoms with Gasteiger partial charge in [0.2, 0.25) is 5.91 Å². The Kier molecular flexibility index (Phi) is 5.99. The van der Waals surface area contributed by atoms with E-state index in [1.165, 1.54) is 0 Å². The average molecular weight is 285 g/mol. The van der Waals surface area contributed by atoms with Crippen LogP contribution in [0.5, 0.6) is 0 Å². The molecule has 0 aliphatic carbocycles. The molecule has 0 aromatic heterocycles. The Morgan fingerprint density at radius 2 is 1.95 bits per heavy atom. The van der Waals surface area contributed by atoms with Crippen molar-refractivity contribution in [2.24, 2.45) is 11.3 Å². The first-order chi connectivity index (χ1) is 9.22. The van der Waals surface area contributed by atoms with Crippen LogP contribution in [0.4, 0.5) is 0 Å². The van der Waals surface area contributed by atoms with Crippen molar-refractivity contribution in [3.05, 3.63) is 0 Å². The molecule has 0 bridgehead atoms. The molecule has 1 rings (SSSR count). The highest BCUT2D eigenvalue weighted by atomic mass is 16.6. The van der Waals surface area contributed by atoms with Crippen LogP contribution in [0.3, 0.4) is 0 Å². The number of esters is 1. The van der Waals surface area contributed by atoms with Crippen molar-refractivity contribution in [3.63, 3.8) is 0 Å². The van der Waals surface area contributed by atoms with Crippen LogP contribution in [0.15, 0.2) is 0 Å². The second kappa shape index (κ2) is 7.07. The Labute approximate surface area is 121 Å². The zero-order chi connectivity index (χ0) is 15.3. The minimum Gasteiger partial charge on any atom is -0.462 e. The van der Waals surface area contributed by atoms with Gasteiger partial charge in [0.15, 0.2) is 0 Å². The third-order valence-electron chi connectivity index (χ3n) is 3.44. The molecule has 1 amide bonds. The molecule has 1 N–H and O–H groups in total. The number of hydrogen-bond acceptors (Lipinski definition) is 4. The fourth-order valence-corrected chi connectivity index (χ4v) is 1.77. The third kappa shape index (κ3) is 5.90. The normalized spacial score (nSPS) is 19.6. The Bertz CT molecular complexity index is 348. The predicted molar refractivity (Wildman–Crippen MR) is 76.2 cm³/mol. The van der Waals surface area contributed by atoms with Gasteiger partial charge in [-0.1, -0.05) is 6.92 Å². The average Bonchev–Trinajstić information content (AvgIpc) is 3.16. The van der Waals surface area contributed by atoms with E-state index in [-0.39, 0.29) is 29.9 Å². The Morgan fingerprint density at radius 3 is 2.45 bits per heavy atom. The fraction of sp³-hybridized carbons (Fsp3) is 0.867. The second-order valence-corrected chi connectivity index (χ2v) is 6.54. The molecule has 20 heavy (non-hydrogen) atoms. The van der Waals surface area contributed by atoms with Crippen LogP contribution in [0.25, 0.3) is 0 Å². The molecule has 1 heterocycles. The van der Waals surface area contributed by atoms with Gasteiger partial charge in [-0.25, -0.2) is 0 Å². The molecule has 2 unspecified atom stereocenters. The second-order valence-electron chi connectivity index (χ2n) is 6.54. The monoisotopic (exact) mass is 285 g/mol. The summed E-state index contributed by atoms with van der Waals surface area (Å²) in [6.07, 6.45) is 1.38. The summed E-state index contributed by atoms with van der Waals surface area (Å²) < 4.78 is 10.2. The Balaban J connectivity index is 2.32. The SMILES string of the molecule is CC(C)NC(=O)C(C)CCC(C)(C)C(=O)OCC1CO1. The zero-order valence-electron chi connectivity index (χ0n) is 13.2. The van der Waals surface area contributed by atoms with E-state index < -0.39 is 5.41 Å². The van der Waals surface area contributed by atoms with E-state index in [9.17, 15) is 9.59 Å². The summed E-state index contributed by atoms with van der Waals surface area (Å²) in [6, 6.07) is 0.140. The lowest BCUT2D eigenvalue weighted by Crippen LogP contribution is -2.35. The van der Waals surface area contributed by atoms with Crippen LogP contribution in [0, 0.1) is 11.3 Å². The van der Waals surface area contributed by atoms with Crippen molar-refractivity contribution in [1.29, 1.82) is 0 Å². The first kappa shape index (κ1) is 17.0. The number of carbonyl (C=O) groups is 2. The van der Waals surface area contributed by atoms with E-state index in [1.54, 1.807) is 0 Å².